The van der Waals surface area contributed by atoms with Crippen molar-refractivity contribution in [2.24, 2.45) is 4.99 Å². The van der Waals surface area contributed by atoms with Crippen molar-refractivity contribution in [3.05, 3.63) is 60.4 Å². The molecule has 2 N–H and O–H groups in total. The second-order valence-corrected chi connectivity index (χ2v) is 3.67. The summed E-state index contributed by atoms with van der Waals surface area (Å²) >= 11 is 0. The molecule has 0 fully saturated rings. The minimum absolute atomic E-state index is 0.235. The lowest BCUT2D eigenvalue weighted by molar-refractivity contribution is 0.628. The van der Waals surface area contributed by atoms with Gasteiger partial charge in [0.15, 0.2) is 6.19 Å². The molecule has 2 aromatic rings. The van der Waals surface area contributed by atoms with E-state index >= 15 is 0 Å². The smallest absolute Gasteiger partial charge is 0.214 e. The summed E-state index contributed by atoms with van der Waals surface area (Å²) in [5.74, 6) is -0.125. The van der Waals surface area contributed by atoms with E-state index < -0.39 is 0 Å². The lowest BCUT2D eigenvalue weighted by Gasteiger charge is -2.07. The molecule has 2 aromatic carbocycles. The Morgan fingerprint density at radius 1 is 1.11 bits per heavy atom. The fraction of sp³-hybridized carbons (Fsp3) is 0. The highest BCUT2D eigenvalue weighted by Gasteiger charge is 2.01. The third-order valence-corrected chi connectivity index (χ3v) is 2.26. The van der Waals surface area contributed by atoms with Crippen LogP contribution in [0.3, 0.4) is 0 Å². The lowest BCUT2D eigenvalue weighted by atomic mass is 10.3. The van der Waals surface area contributed by atoms with Gasteiger partial charge in [0.25, 0.3) is 0 Å². The van der Waals surface area contributed by atoms with Gasteiger partial charge in [-0.1, -0.05) is 24.3 Å². The first-order chi connectivity index (χ1) is 9.28. The van der Waals surface area contributed by atoms with Crippen molar-refractivity contribution < 1.29 is 4.39 Å². The molecule has 0 heterocycles. The minimum atomic E-state index is -0.360. The Balaban J connectivity index is 2.22. The molecule has 5 heteroatoms. The molecule has 0 spiro atoms. The lowest BCUT2D eigenvalue weighted by Crippen LogP contribution is -2.26. The Kier molecular flexibility index (Phi) is 4.09. The van der Waals surface area contributed by atoms with Crippen molar-refractivity contribution in [2.45, 2.75) is 0 Å². The molecule has 0 saturated carbocycles. The van der Waals surface area contributed by atoms with Crippen molar-refractivity contribution in [3.63, 3.8) is 0 Å². The molecule has 0 aromatic heterocycles. The van der Waals surface area contributed by atoms with E-state index in [0.29, 0.717) is 11.4 Å². The quantitative estimate of drug-likeness (QED) is 0.375. The molecule has 2 rings (SSSR count). The number of guanidine groups is 1. The second kappa shape index (κ2) is 6.17. The maximum atomic E-state index is 13.1. The van der Waals surface area contributed by atoms with Gasteiger partial charge >= 0.3 is 0 Å². The zero-order chi connectivity index (χ0) is 13.5. The van der Waals surface area contributed by atoms with E-state index in [1.807, 2.05) is 18.2 Å². The van der Waals surface area contributed by atoms with Gasteiger partial charge < -0.3 is 5.32 Å². The predicted octanol–water partition coefficient (Wildman–Crippen LogP) is 3.00. The third-order valence-electron chi connectivity index (χ3n) is 2.26. The number of aliphatic imine (C=N–C) groups is 1. The van der Waals surface area contributed by atoms with Crippen LogP contribution in [0.2, 0.25) is 0 Å². The first-order valence-electron chi connectivity index (χ1n) is 5.59. The monoisotopic (exact) mass is 254 g/mol. The molecule has 94 valence electrons. The topological polar surface area (TPSA) is 60.2 Å². The van der Waals surface area contributed by atoms with Crippen LogP contribution >= 0.6 is 0 Å². The highest BCUT2D eigenvalue weighted by atomic mass is 19.1. The molecule has 19 heavy (non-hydrogen) atoms. The van der Waals surface area contributed by atoms with E-state index in [2.05, 4.69) is 15.6 Å². The number of nitrogens with zero attached hydrogens (tertiary/aromatic N) is 2. The maximum Gasteiger partial charge on any atom is 0.214 e. The van der Waals surface area contributed by atoms with E-state index in [9.17, 15) is 4.39 Å². The summed E-state index contributed by atoms with van der Waals surface area (Å²) in [6, 6.07) is 15.1. The standard InChI is InChI=1S/C14H11FN4/c15-11-5-4-8-13(9-11)19-14(17-10-16)18-12-6-2-1-3-7-12/h1-9H,(H2,17,18,19). The Morgan fingerprint density at radius 2 is 1.89 bits per heavy atom. The van der Waals surface area contributed by atoms with Crippen LogP contribution in [0.1, 0.15) is 0 Å². The van der Waals surface area contributed by atoms with Crippen LogP contribution < -0.4 is 10.6 Å². The Labute approximate surface area is 110 Å². The van der Waals surface area contributed by atoms with E-state index in [-0.39, 0.29) is 11.8 Å². The van der Waals surface area contributed by atoms with Crippen LogP contribution in [0.25, 0.3) is 0 Å². The summed E-state index contributed by atoms with van der Waals surface area (Å²) in [4.78, 5) is 4.22. The summed E-state index contributed by atoms with van der Waals surface area (Å²) in [6.07, 6.45) is 1.79. The molecule has 0 bridgehead atoms. The molecule has 0 aliphatic heterocycles. The predicted molar refractivity (Wildman–Crippen MR) is 72.3 cm³/mol. The highest BCUT2D eigenvalue weighted by Crippen LogP contribution is 2.12. The van der Waals surface area contributed by atoms with Crippen molar-refractivity contribution in [1.29, 1.82) is 5.26 Å². The van der Waals surface area contributed by atoms with E-state index in [1.165, 1.54) is 12.1 Å². The van der Waals surface area contributed by atoms with E-state index in [0.717, 1.165) is 0 Å². The Morgan fingerprint density at radius 3 is 2.58 bits per heavy atom. The largest absolute Gasteiger partial charge is 0.325 e. The highest BCUT2D eigenvalue weighted by molar-refractivity contribution is 5.96. The zero-order valence-corrected chi connectivity index (χ0v) is 9.97. The summed E-state index contributed by atoms with van der Waals surface area (Å²) in [7, 11) is 0. The van der Waals surface area contributed by atoms with Crippen LogP contribution in [0.15, 0.2) is 59.6 Å². The fourth-order valence-corrected chi connectivity index (χ4v) is 1.47. The first kappa shape index (κ1) is 12.6. The third kappa shape index (κ3) is 3.82. The molecule has 0 radical (unpaired) electrons. The number of halogens is 1. The number of hydrogen-bond donors (Lipinski definition) is 2. The van der Waals surface area contributed by atoms with Gasteiger partial charge in [-0.25, -0.2) is 9.38 Å². The van der Waals surface area contributed by atoms with Gasteiger partial charge in [-0.3, -0.25) is 5.32 Å². The summed E-state index contributed by atoms with van der Waals surface area (Å²) in [5, 5.41) is 14.0. The van der Waals surface area contributed by atoms with Gasteiger partial charge in [0.05, 0.1) is 5.69 Å². The molecular weight excluding hydrogens is 243 g/mol. The molecule has 0 saturated heterocycles. The van der Waals surface area contributed by atoms with Crippen LogP contribution in [-0.2, 0) is 0 Å². The molecule has 0 amide bonds. The van der Waals surface area contributed by atoms with E-state index in [4.69, 9.17) is 5.26 Å². The minimum Gasteiger partial charge on any atom is -0.325 e. The molecular formula is C14H11FN4. The van der Waals surface area contributed by atoms with Crippen molar-refractivity contribution in [2.75, 3.05) is 5.32 Å². The SMILES string of the molecule is N#CNC(=Nc1ccccc1)Nc1cccc(F)c1. The van der Waals surface area contributed by atoms with Crippen LogP contribution in [0, 0.1) is 17.3 Å². The van der Waals surface area contributed by atoms with Crippen molar-refractivity contribution in [3.8, 4) is 6.19 Å². The number of benzene rings is 2. The zero-order valence-electron chi connectivity index (χ0n) is 9.97. The molecule has 0 aliphatic rings. The average Bonchev–Trinajstić information content (AvgIpc) is 2.40. The Hall–Kier alpha value is -2.87. The number of nitriles is 1. The van der Waals surface area contributed by atoms with E-state index in [1.54, 1.807) is 30.5 Å². The molecule has 4 nitrogen and oxygen atoms in total. The first-order valence-corrected chi connectivity index (χ1v) is 5.59. The molecule has 0 atom stereocenters. The average molecular weight is 254 g/mol. The van der Waals surface area contributed by atoms with Gasteiger partial charge in [-0.15, -0.1) is 0 Å². The number of para-hydroxylation sites is 1. The van der Waals surface area contributed by atoms with Crippen LogP contribution in [-0.4, -0.2) is 5.96 Å². The normalized spacial score (nSPS) is 10.6. The fourth-order valence-electron chi connectivity index (χ4n) is 1.47. The van der Waals surface area contributed by atoms with Crippen molar-refractivity contribution >= 4 is 17.3 Å². The molecule has 0 aliphatic carbocycles. The van der Waals surface area contributed by atoms with Crippen LogP contribution in [0.5, 0.6) is 0 Å². The summed E-state index contributed by atoms with van der Waals surface area (Å²) < 4.78 is 13.1. The maximum absolute atomic E-state index is 13.1. The van der Waals surface area contributed by atoms with Gasteiger partial charge in [0, 0.05) is 5.69 Å². The summed E-state index contributed by atoms with van der Waals surface area (Å²) in [5.41, 5.74) is 1.20. The van der Waals surface area contributed by atoms with Gasteiger partial charge in [0.1, 0.15) is 5.82 Å². The van der Waals surface area contributed by atoms with Gasteiger partial charge in [0.2, 0.25) is 5.96 Å². The van der Waals surface area contributed by atoms with Gasteiger partial charge in [-0.05, 0) is 30.3 Å². The Bertz CT molecular complexity index is 617. The second-order valence-electron chi connectivity index (χ2n) is 3.67. The molecule has 0 unspecified atom stereocenters. The summed E-state index contributed by atoms with van der Waals surface area (Å²) in [6.45, 7) is 0. The number of anilines is 1. The van der Waals surface area contributed by atoms with Crippen molar-refractivity contribution in [1.82, 2.24) is 5.32 Å². The number of nitrogens with one attached hydrogen (secondary N) is 2. The number of rotatable bonds is 2. The van der Waals surface area contributed by atoms with Gasteiger partial charge in [-0.2, -0.15) is 5.26 Å². The number of hydrogen-bond acceptors (Lipinski definition) is 2. The van der Waals surface area contributed by atoms with Crippen LogP contribution in [0.4, 0.5) is 15.8 Å².